The third-order valence-corrected chi connectivity index (χ3v) is 4.31. The average Bonchev–Trinajstić information content (AvgIpc) is 2.63. The third-order valence-electron chi connectivity index (χ3n) is 4.31. The van der Waals surface area contributed by atoms with Gasteiger partial charge in [-0.1, -0.05) is 26.0 Å². The highest BCUT2D eigenvalue weighted by Gasteiger charge is 2.06. The summed E-state index contributed by atoms with van der Waals surface area (Å²) in [4.78, 5) is 9.01. The molecule has 0 fully saturated rings. The molecule has 142 valence electrons. The SMILES string of the molecule is CCOc1ccc(CN(C)C(=NC)NCCCCN(CC)CC)cc1. The molecule has 1 aromatic carbocycles. The quantitative estimate of drug-likeness (QED) is 0.379. The number of guanidine groups is 1. The molecule has 0 aliphatic heterocycles. The van der Waals surface area contributed by atoms with Gasteiger partial charge in [0.25, 0.3) is 0 Å². The van der Waals surface area contributed by atoms with E-state index in [1.165, 1.54) is 18.5 Å². The van der Waals surface area contributed by atoms with Gasteiger partial charge in [0, 0.05) is 27.2 Å². The van der Waals surface area contributed by atoms with Crippen LogP contribution in [0.1, 0.15) is 39.2 Å². The second kappa shape index (κ2) is 12.6. The smallest absolute Gasteiger partial charge is 0.193 e. The van der Waals surface area contributed by atoms with Gasteiger partial charge in [-0.15, -0.1) is 0 Å². The summed E-state index contributed by atoms with van der Waals surface area (Å²) in [7, 11) is 3.91. The molecule has 0 bridgehead atoms. The summed E-state index contributed by atoms with van der Waals surface area (Å²) in [6.07, 6.45) is 2.38. The van der Waals surface area contributed by atoms with Crippen LogP contribution in [0.5, 0.6) is 5.75 Å². The van der Waals surface area contributed by atoms with Crippen molar-refractivity contribution >= 4 is 5.96 Å². The van der Waals surface area contributed by atoms with Gasteiger partial charge in [0.05, 0.1) is 6.61 Å². The molecule has 0 saturated carbocycles. The number of rotatable bonds is 11. The molecule has 0 radical (unpaired) electrons. The second-order valence-electron chi connectivity index (χ2n) is 6.14. The van der Waals surface area contributed by atoms with Crippen molar-refractivity contribution < 1.29 is 4.74 Å². The first-order valence-corrected chi connectivity index (χ1v) is 9.50. The first-order valence-electron chi connectivity index (χ1n) is 9.50. The van der Waals surface area contributed by atoms with E-state index in [2.05, 4.69) is 53.1 Å². The zero-order valence-electron chi connectivity index (χ0n) is 16.7. The Kier molecular flexibility index (Phi) is 10.7. The Labute approximate surface area is 154 Å². The summed E-state index contributed by atoms with van der Waals surface area (Å²) in [5.41, 5.74) is 1.25. The fourth-order valence-electron chi connectivity index (χ4n) is 2.79. The largest absolute Gasteiger partial charge is 0.494 e. The molecule has 0 aliphatic carbocycles. The molecule has 1 rings (SSSR count). The lowest BCUT2D eigenvalue weighted by molar-refractivity contribution is 0.297. The minimum atomic E-state index is 0.698. The summed E-state index contributed by atoms with van der Waals surface area (Å²) in [6.45, 7) is 12.4. The van der Waals surface area contributed by atoms with Crippen molar-refractivity contribution in [1.82, 2.24) is 15.1 Å². The highest BCUT2D eigenvalue weighted by atomic mass is 16.5. The normalized spacial score (nSPS) is 11.7. The monoisotopic (exact) mass is 348 g/mol. The number of aliphatic imine (C=N–C) groups is 1. The maximum Gasteiger partial charge on any atom is 0.193 e. The number of unbranched alkanes of at least 4 members (excludes halogenated alkanes) is 1. The number of ether oxygens (including phenoxy) is 1. The predicted molar refractivity (Wildman–Crippen MR) is 107 cm³/mol. The van der Waals surface area contributed by atoms with E-state index in [0.29, 0.717) is 6.61 Å². The van der Waals surface area contributed by atoms with Gasteiger partial charge in [-0.25, -0.2) is 0 Å². The number of benzene rings is 1. The van der Waals surface area contributed by atoms with Crippen molar-refractivity contribution in [3.63, 3.8) is 0 Å². The highest BCUT2D eigenvalue weighted by Crippen LogP contribution is 2.13. The van der Waals surface area contributed by atoms with Gasteiger partial charge in [-0.3, -0.25) is 4.99 Å². The first-order chi connectivity index (χ1) is 12.1. The molecule has 1 aromatic rings. The van der Waals surface area contributed by atoms with E-state index in [0.717, 1.165) is 44.3 Å². The molecule has 0 atom stereocenters. The lowest BCUT2D eigenvalue weighted by Gasteiger charge is -2.23. The zero-order valence-corrected chi connectivity index (χ0v) is 16.7. The topological polar surface area (TPSA) is 40.1 Å². The lowest BCUT2D eigenvalue weighted by atomic mass is 10.2. The summed E-state index contributed by atoms with van der Waals surface area (Å²) in [6, 6.07) is 8.27. The van der Waals surface area contributed by atoms with Crippen molar-refractivity contribution in [2.45, 2.75) is 40.2 Å². The maximum absolute atomic E-state index is 5.49. The predicted octanol–water partition coefficient (Wildman–Crippen LogP) is 3.21. The van der Waals surface area contributed by atoms with Crippen molar-refractivity contribution in [2.24, 2.45) is 4.99 Å². The molecule has 5 nitrogen and oxygen atoms in total. The number of nitrogens with zero attached hydrogens (tertiary/aromatic N) is 3. The van der Waals surface area contributed by atoms with Crippen LogP contribution in [-0.2, 0) is 6.54 Å². The van der Waals surface area contributed by atoms with Crippen LogP contribution >= 0.6 is 0 Å². The number of nitrogens with one attached hydrogen (secondary N) is 1. The molecular weight excluding hydrogens is 312 g/mol. The highest BCUT2D eigenvalue weighted by molar-refractivity contribution is 5.79. The maximum atomic E-state index is 5.49. The first kappa shape index (κ1) is 21.3. The standard InChI is InChI=1S/C20H36N4O/c1-6-24(7-2)16-10-9-15-22-20(21-4)23(5)17-18-11-13-19(14-12-18)25-8-3/h11-14H,6-10,15-17H2,1-5H3,(H,21,22). The Hall–Kier alpha value is -1.75. The Morgan fingerprint density at radius 3 is 2.32 bits per heavy atom. The Morgan fingerprint density at radius 1 is 1.08 bits per heavy atom. The van der Waals surface area contributed by atoms with Gasteiger partial charge < -0.3 is 19.9 Å². The van der Waals surface area contributed by atoms with Gasteiger partial charge in [0.2, 0.25) is 0 Å². The minimum Gasteiger partial charge on any atom is -0.494 e. The van der Waals surface area contributed by atoms with Gasteiger partial charge in [-0.2, -0.15) is 0 Å². The summed E-state index contributed by atoms with van der Waals surface area (Å²) in [5, 5.41) is 3.46. The van der Waals surface area contributed by atoms with E-state index >= 15 is 0 Å². The summed E-state index contributed by atoms with van der Waals surface area (Å²) >= 11 is 0. The summed E-state index contributed by atoms with van der Waals surface area (Å²) < 4.78 is 5.49. The van der Waals surface area contributed by atoms with Gasteiger partial charge in [0.1, 0.15) is 5.75 Å². The van der Waals surface area contributed by atoms with Crippen LogP contribution in [0.3, 0.4) is 0 Å². The van der Waals surface area contributed by atoms with Crippen LogP contribution in [0.4, 0.5) is 0 Å². The second-order valence-corrected chi connectivity index (χ2v) is 6.14. The molecule has 0 unspecified atom stereocenters. The average molecular weight is 349 g/mol. The third kappa shape index (κ3) is 8.25. The van der Waals surface area contributed by atoms with Gasteiger partial charge >= 0.3 is 0 Å². The molecule has 0 spiro atoms. The Balaban J connectivity index is 2.35. The molecular formula is C20H36N4O. The molecule has 0 aromatic heterocycles. The number of hydrogen-bond donors (Lipinski definition) is 1. The van der Waals surface area contributed by atoms with Crippen LogP contribution in [0, 0.1) is 0 Å². The van der Waals surface area contributed by atoms with Crippen molar-refractivity contribution in [3.8, 4) is 5.75 Å². The molecule has 25 heavy (non-hydrogen) atoms. The van der Waals surface area contributed by atoms with Crippen molar-refractivity contribution in [1.29, 1.82) is 0 Å². The Bertz CT molecular complexity index is 483. The molecule has 5 heteroatoms. The van der Waals surface area contributed by atoms with E-state index in [9.17, 15) is 0 Å². The van der Waals surface area contributed by atoms with Crippen LogP contribution in [0.2, 0.25) is 0 Å². The van der Waals surface area contributed by atoms with E-state index in [1.807, 2.05) is 26.1 Å². The zero-order chi connectivity index (χ0) is 18.5. The fourth-order valence-corrected chi connectivity index (χ4v) is 2.79. The van der Waals surface area contributed by atoms with E-state index in [1.54, 1.807) is 0 Å². The van der Waals surface area contributed by atoms with E-state index in [-0.39, 0.29) is 0 Å². The van der Waals surface area contributed by atoms with Crippen molar-refractivity contribution in [3.05, 3.63) is 29.8 Å². The van der Waals surface area contributed by atoms with Crippen LogP contribution < -0.4 is 10.1 Å². The minimum absolute atomic E-state index is 0.698. The number of hydrogen-bond acceptors (Lipinski definition) is 3. The van der Waals surface area contributed by atoms with Gasteiger partial charge in [0.15, 0.2) is 5.96 Å². The van der Waals surface area contributed by atoms with Gasteiger partial charge in [-0.05, 0) is 57.1 Å². The van der Waals surface area contributed by atoms with E-state index < -0.39 is 0 Å². The lowest BCUT2D eigenvalue weighted by Crippen LogP contribution is -2.39. The van der Waals surface area contributed by atoms with Crippen molar-refractivity contribution in [2.75, 3.05) is 46.9 Å². The molecule has 0 heterocycles. The van der Waals surface area contributed by atoms with E-state index in [4.69, 9.17) is 4.74 Å². The summed E-state index contributed by atoms with van der Waals surface area (Å²) in [5.74, 6) is 1.86. The fraction of sp³-hybridized carbons (Fsp3) is 0.650. The molecule has 0 aliphatic rings. The Morgan fingerprint density at radius 2 is 1.76 bits per heavy atom. The van der Waals surface area contributed by atoms with Crippen LogP contribution in [0.15, 0.2) is 29.3 Å². The molecule has 1 N–H and O–H groups in total. The molecule has 0 amide bonds. The van der Waals surface area contributed by atoms with Crippen LogP contribution in [-0.4, -0.2) is 62.6 Å². The molecule has 0 saturated heterocycles. The van der Waals surface area contributed by atoms with Crippen LogP contribution in [0.25, 0.3) is 0 Å².